The number of anilines is 1. The number of pyridine rings is 1. The van der Waals surface area contributed by atoms with Crippen LogP contribution in [0.4, 0.5) is 5.82 Å². The molecule has 1 unspecified atom stereocenters. The van der Waals surface area contributed by atoms with E-state index in [0.29, 0.717) is 5.02 Å². The molecule has 1 aliphatic heterocycles. The van der Waals surface area contributed by atoms with Gasteiger partial charge in [0, 0.05) is 32.4 Å². The van der Waals surface area contributed by atoms with E-state index in [0.717, 1.165) is 42.9 Å². The summed E-state index contributed by atoms with van der Waals surface area (Å²) in [5, 5.41) is 9.73. The molecule has 0 saturated carbocycles. The number of piperazine rings is 1. The van der Waals surface area contributed by atoms with Gasteiger partial charge in [-0.05, 0) is 28.4 Å². The molecule has 1 atom stereocenters. The van der Waals surface area contributed by atoms with Crippen molar-refractivity contribution in [3.8, 4) is 6.07 Å². The number of nitrogens with zero attached hydrogens (tertiary/aromatic N) is 4. The molecular weight excluding hydrogens is 328 g/mol. The lowest BCUT2D eigenvalue weighted by molar-refractivity contribution is 0.216. The molecule has 102 valence electrons. The van der Waals surface area contributed by atoms with Crippen LogP contribution in [-0.2, 0) is 0 Å². The number of hydrogen-bond acceptors (Lipinski definition) is 4. The fourth-order valence-corrected chi connectivity index (χ4v) is 3.21. The van der Waals surface area contributed by atoms with Gasteiger partial charge in [-0.25, -0.2) is 4.98 Å². The Bertz CT molecular complexity index is 480. The van der Waals surface area contributed by atoms with Crippen LogP contribution in [0.2, 0.25) is 5.02 Å². The topological polar surface area (TPSA) is 43.2 Å². The molecule has 1 aromatic rings. The van der Waals surface area contributed by atoms with E-state index >= 15 is 0 Å². The summed E-state index contributed by atoms with van der Waals surface area (Å²) in [7, 11) is 0. The molecule has 1 fully saturated rings. The Kier molecular flexibility index (Phi) is 5.03. The molecular formula is C13H16BrClN4. The van der Waals surface area contributed by atoms with Crippen molar-refractivity contribution in [3.05, 3.63) is 21.8 Å². The number of hydrogen-bond donors (Lipinski definition) is 0. The van der Waals surface area contributed by atoms with Gasteiger partial charge in [0.25, 0.3) is 0 Å². The van der Waals surface area contributed by atoms with Crippen molar-refractivity contribution in [2.45, 2.75) is 19.4 Å². The van der Waals surface area contributed by atoms with Gasteiger partial charge in [0.2, 0.25) is 0 Å². The van der Waals surface area contributed by atoms with E-state index in [1.165, 1.54) is 0 Å². The van der Waals surface area contributed by atoms with Crippen LogP contribution in [0.5, 0.6) is 0 Å². The maximum atomic E-state index is 9.10. The Labute approximate surface area is 127 Å². The van der Waals surface area contributed by atoms with Gasteiger partial charge in [-0.1, -0.05) is 18.5 Å². The molecule has 6 heteroatoms. The SMILES string of the molecule is CCC(C#N)N1CCN(c2ncc(Cl)cc2Br)CC1. The average molecular weight is 344 g/mol. The lowest BCUT2D eigenvalue weighted by atomic mass is 10.2. The summed E-state index contributed by atoms with van der Waals surface area (Å²) in [6.07, 6.45) is 2.54. The molecule has 1 saturated heterocycles. The molecule has 4 nitrogen and oxygen atoms in total. The third kappa shape index (κ3) is 3.38. The van der Waals surface area contributed by atoms with E-state index in [9.17, 15) is 0 Å². The number of aromatic nitrogens is 1. The maximum absolute atomic E-state index is 9.10. The van der Waals surface area contributed by atoms with Gasteiger partial charge in [0.05, 0.1) is 21.6 Å². The van der Waals surface area contributed by atoms with E-state index in [2.05, 4.69) is 43.7 Å². The third-order valence-corrected chi connectivity index (χ3v) is 4.17. The molecule has 0 aliphatic carbocycles. The Hall–Kier alpha value is -0.830. The third-order valence-electron chi connectivity index (χ3n) is 3.38. The Morgan fingerprint density at radius 1 is 1.47 bits per heavy atom. The second-order valence-electron chi connectivity index (χ2n) is 4.54. The largest absolute Gasteiger partial charge is 0.353 e. The van der Waals surface area contributed by atoms with Gasteiger partial charge in [-0.15, -0.1) is 0 Å². The lowest BCUT2D eigenvalue weighted by Gasteiger charge is -2.37. The van der Waals surface area contributed by atoms with Crippen molar-refractivity contribution in [1.82, 2.24) is 9.88 Å². The molecule has 1 aromatic heterocycles. The van der Waals surface area contributed by atoms with Crippen molar-refractivity contribution in [3.63, 3.8) is 0 Å². The molecule has 2 heterocycles. The highest BCUT2D eigenvalue weighted by Crippen LogP contribution is 2.27. The van der Waals surface area contributed by atoms with E-state index in [1.807, 2.05) is 6.07 Å². The first-order chi connectivity index (χ1) is 9.15. The average Bonchev–Trinajstić information content (AvgIpc) is 2.41. The van der Waals surface area contributed by atoms with Gasteiger partial charge in [-0.3, -0.25) is 4.90 Å². The molecule has 1 aliphatic rings. The van der Waals surface area contributed by atoms with Crippen molar-refractivity contribution < 1.29 is 0 Å². The van der Waals surface area contributed by atoms with Crippen LogP contribution in [0.3, 0.4) is 0 Å². The summed E-state index contributed by atoms with van der Waals surface area (Å²) in [4.78, 5) is 8.83. The van der Waals surface area contributed by atoms with Crippen LogP contribution in [-0.4, -0.2) is 42.1 Å². The minimum Gasteiger partial charge on any atom is -0.353 e. The minimum atomic E-state index is 0.0313. The van der Waals surface area contributed by atoms with Crippen LogP contribution in [0.15, 0.2) is 16.7 Å². The number of nitriles is 1. The molecule has 0 N–H and O–H groups in total. The molecule has 0 aromatic carbocycles. The first kappa shape index (κ1) is 14.6. The van der Waals surface area contributed by atoms with Crippen molar-refractivity contribution in [2.75, 3.05) is 31.1 Å². The van der Waals surface area contributed by atoms with E-state index in [1.54, 1.807) is 6.20 Å². The van der Waals surface area contributed by atoms with Gasteiger partial charge >= 0.3 is 0 Å². The predicted molar refractivity (Wildman–Crippen MR) is 80.4 cm³/mol. The first-order valence-corrected chi connectivity index (χ1v) is 7.52. The fourth-order valence-electron chi connectivity index (χ4n) is 2.32. The van der Waals surface area contributed by atoms with Crippen LogP contribution in [0, 0.1) is 11.3 Å². The highest BCUT2D eigenvalue weighted by molar-refractivity contribution is 9.10. The maximum Gasteiger partial charge on any atom is 0.143 e. The van der Waals surface area contributed by atoms with Crippen molar-refractivity contribution in [2.24, 2.45) is 0 Å². The molecule has 2 rings (SSSR count). The summed E-state index contributed by atoms with van der Waals surface area (Å²) in [6, 6.07) is 4.25. The van der Waals surface area contributed by atoms with Gasteiger partial charge in [0.15, 0.2) is 0 Å². The molecule has 0 radical (unpaired) electrons. The number of halogens is 2. The van der Waals surface area contributed by atoms with Gasteiger partial charge in [-0.2, -0.15) is 5.26 Å². The lowest BCUT2D eigenvalue weighted by Crippen LogP contribution is -2.50. The van der Waals surface area contributed by atoms with E-state index < -0.39 is 0 Å². The zero-order valence-electron chi connectivity index (χ0n) is 10.8. The summed E-state index contributed by atoms with van der Waals surface area (Å²) < 4.78 is 0.917. The normalized spacial score (nSPS) is 18.1. The fraction of sp³-hybridized carbons (Fsp3) is 0.538. The minimum absolute atomic E-state index is 0.0313. The zero-order chi connectivity index (χ0) is 13.8. The Morgan fingerprint density at radius 3 is 2.68 bits per heavy atom. The quantitative estimate of drug-likeness (QED) is 0.846. The Balaban J connectivity index is 2.02. The van der Waals surface area contributed by atoms with Crippen LogP contribution < -0.4 is 4.90 Å². The summed E-state index contributed by atoms with van der Waals surface area (Å²) in [6.45, 7) is 5.60. The van der Waals surface area contributed by atoms with Crippen molar-refractivity contribution >= 4 is 33.3 Å². The van der Waals surface area contributed by atoms with Crippen LogP contribution in [0.25, 0.3) is 0 Å². The summed E-state index contributed by atoms with van der Waals surface area (Å²) in [5.74, 6) is 0.925. The summed E-state index contributed by atoms with van der Waals surface area (Å²) >= 11 is 9.40. The second-order valence-corrected chi connectivity index (χ2v) is 5.83. The molecule has 0 bridgehead atoms. The van der Waals surface area contributed by atoms with Crippen molar-refractivity contribution in [1.29, 1.82) is 5.26 Å². The highest BCUT2D eigenvalue weighted by atomic mass is 79.9. The second kappa shape index (κ2) is 6.56. The number of rotatable bonds is 3. The van der Waals surface area contributed by atoms with Gasteiger partial charge < -0.3 is 4.90 Å². The molecule has 0 amide bonds. The standard InChI is InChI=1S/C13H16BrClN4/c1-2-11(8-16)18-3-5-19(6-4-18)13-12(14)7-10(15)9-17-13/h7,9,11H,2-6H2,1H3. The van der Waals surface area contributed by atoms with Crippen LogP contribution >= 0.6 is 27.5 Å². The van der Waals surface area contributed by atoms with Crippen LogP contribution in [0.1, 0.15) is 13.3 Å². The predicted octanol–water partition coefficient (Wildman–Crippen LogP) is 2.92. The smallest absolute Gasteiger partial charge is 0.143 e. The zero-order valence-corrected chi connectivity index (χ0v) is 13.2. The molecule has 0 spiro atoms. The monoisotopic (exact) mass is 342 g/mol. The first-order valence-electron chi connectivity index (χ1n) is 6.35. The Morgan fingerprint density at radius 2 is 2.16 bits per heavy atom. The molecule has 19 heavy (non-hydrogen) atoms. The van der Waals surface area contributed by atoms with E-state index in [-0.39, 0.29) is 6.04 Å². The summed E-state index contributed by atoms with van der Waals surface area (Å²) in [5.41, 5.74) is 0. The van der Waals surface area contributed by atoms with E-state index in [4.69, 9.17) is 16.9 Å². The van der Waals surface area contributed by atoms with Gasteiger partial charge in [0.1, 0.15) is 5.82 Å². The highest BCUT2D eigenvalue weighted by Gasteiger charge is 2.24.